The Morgan fingerprint density at radius 1 is 0.429 bits per heavy atom. The van der Waals surface area contributed by atoms with Gasteiger partial charge in [-0.15, -0.1) is 0 Å². The van der Waals surface area contributed by atoms with Crippen molar-refractivity contribution < 1.29 is 0 Å². The number of para-hydroxylation sites is 1. The second-order valence-corrected chi connectivity index (χ2v) is 19.7. The minimum absolute atomic E-state index is 0.381. The molecule has 1 heterocycles. The summed E-state index contributed by atoms with van der Waals surface area (Å²) in [4.78, 5) is 2.45. The predicted octanol–water partition coefficient (Wildman–Crippen LogP) is 16.4. The summed E-state index contributed by atoms with van der Waals surface area (Å²) < 4.78 is 2.46. The topological polar surface area (TPSA) is 8.17 Å². The van der Waals surface area contributed by atoms with E-state index in [2.05, 4.69) is 210 Å². The fraction of sp³-hybridized carbons (Fsp3) is 0.180. The molecule has 2 heteroatoms. The number of fused-ring (bicyclic) bond motifs is 8. The van der Waals surface area contributed by atoms with Gasteiger partial charge in [0, 0.05) is 38.9 Å². The Hall–Kier alpha value is -6.90. The Kier molecular flexibility index (Phi) is 7.53. The molecule has 9 aromatic carbocycles. The molecule has 2 nitrogen and oxygen atoms in total. The molecule has 0 N–H and O–H groups in total. The normalized spacial score (nSPS) is 23.1. The third-order valence-corrected chi connectivity index (χ3v) is 16.5. The van der Waals surface area contributed by atoms with Crippen LogP contribution in [0, 0.1) is 23.2 Å². The summed E-state index contributed by atoms with van der Waals surface area (Å²) in [6.45, 7) is 0. The van der Waals surface area contributed by atoms with E-state index >= 15 is 0 Å². The predicted molar refractivity (Wildman–Crippen MR) is 264 cm³/mol. The van der Waals surface area contributed by atoms with Crippen LogP contribution in [-0.2, 0) is 5.41 Å². The fourth-order valence-corrected chi connectivity index (χ4v) is 13.9. The first-order valence-electron chi connectivity index (χ1n) is 23.2. The molecule has 4 saturated carbocycles. The maximum absolute atomic E-state index is 2.50. The van der Waals surface area contributed by atoms with Crippen LogP contribution >= 0.6 is 0 Å². The van der Waals surface area contributed by atoms with E-state index in [0.717, 1.165) is 29.1 Å². The van der Waals surface area contributed by atoms with Crippen molar-refractivity contribution in [3.05, 3.63) is 206 Å². The number of aromatic nitrogens is 1. The number of anilines is 3. The number of hydrogen-bond donors (Lipinski definition) is 0. The molecule has 10 aromatic rings. The number of rotatable bonds is 7. The number of hydrogen-bond acceptors (Lipinski definition) is 1. The van der Waals surface area contributed by atoms with Crippen LogP contribution in [0.25, 0.3) is 71.3 Å². The summed E-state index contributed by atoms with van der Waals surface area (Å²) in [5, 5.41) is 7.63. The zero-order chi connectivity index (χ0) is 41.3. The highest BCUT2D eigenvalue weighted by Gasteiger charge is 2.70. The van der Waals surface area contributed by atoms with E-state index in [0.29, 0.717) is 10.8 Å². The van der Waals surface area contributed by atoms with Crippen molar-refractivity contribution in [2.75, 3.05) is 4.90 Å². The van der Waals surface area contributed by atoms with E-state index in [1.165, 1.54) is 116 Å². The van der Waals surface area contributed by atoms with Crippen LogP contribution in [0.3, 0.4) is 0 Å². The van der Waals surface area contributed by atoms with Gasteiger partial charge in [-0.2, -0.15) is 0 Å². The molecule has 0 aliphatic heterocycles. The minimum atomic E-state index is 0.381. The van der Waals surface area contributed by atoms with Gasteiger partial charge in [0.25, 0.3) is 0 Å². The van der Waals surface area contributed by atoms with E-state index in [-0.39, 0.29) is 0 Å². The monoisotopic (exact) mass is 808 g/mol. The average molecular weight is 809 g/mol. The molecule has 0 amide bonds. The Balaban J connectivity index is 0.840. The first-order chi connectivity index (χ1) is 31.1. The van der Waals surface area contributed by atoms with Crippen LogP contribution in [0.2, 0.25) is 0 Å². The molecular formula is C61H48N2. The Bertz CT molecular complexity index is 3430. The summed E-state index contributed by atoms with van der Waals surface area (Å²) in [7, 11) is 0. The zero-order valence-corrected chi connectivity index (χ0v) is 35.4. The van der Waals surface area contributed by atoms with Crippen molar-refractivity contribution in [2.24, 2.45) is 23.2 Å². The Morgan fingerprint density at radius 3 is 1.84 bits per heavy atom. The van der Waals surface area contributed by atoms with Gasteiger partial charge in [0.15, 0.2) is 0 Å². The Labute approximate surface area is 369 Å². The first-order valence-corrected chi connectivity index (χ1v) is 23.2. The second kappa shape index (κ2) is 13.3. The van der Waals surface area contributed by atoms with Gasteiger partial charge in [0.2, 0.25) is 0 Å². The summed E-state index contributed by atoms with van der Waals surface area (Å²) in [5.41, 5.74) is 14.7. The molecule has 5 atom stereocenters. The number of benzene rings is 9. The van der Waals surface area contributed by atoms with E-state index in [9.17, 15) is 0 Å². The maximum Gasteiger partial charge on any atom is 0.0619 e. The van der Waals surface area contributed by atoms with E-state index in [4.69, 9.17) is 0 Å². The highest BCUT2D eigenvalue weighted by Crippen LogP contribution is 2.79. The van der Waals surface area contributed by atoms with Crippen molar-refractivity contribution in [3.8, 4) is 27.9 Å². The first kappa shape index (κ1) is 35.7. The van der Waals surface area contributed by atoms with Gasteiger partial charge in [-0.25, -0.2) is 0 Å². The van der Waals surface area contributed by atoms with Gasteiger partial charge in [0.1, 0.15) is 0 Å². The summed E-state index contributed by atoms with van der Waals surface area (Å²) in [5.74, 6) is 2.92. The molecule has 302 valence electrons. The van der Waals surface area contributed by atoms with Crippen molar-refractivity contribution in [1.82, 2.24) is 4.57 Å². The standard InChI is InChI=1S/C61H48N2/c1-2-10-45-33-47(17-16-41(45)8-1)43-20-27-52(28-21-43)62(53-29-23-48(24-30-53)60-36-40-32-49-35-50(38-60)61(49,37-40)39-60)51-25-18-42(19-26-51)46-11-7-12-54(34-46)63-58-15-6-5-14-56(58)57-31-22-44-9-3-4-13-55(44)59(57)63/h1-31,33-34,40,49-50H,32,35-39H2/t40-,49?,50-,60?,61-/m0/s1. The third-order valence-electron chi connectivity index (χ3n) is 16.5. The smallest absolute Gasteiger partial charge is 0.0619 e. The lowest BCUT2D eigenvalue weighted by Gasteiger charge is -2.49. The van der Waals surface area contributed by atoms with E-state index < -0.39 is 0 Å². The highest BCUT2D eigenvalue weighted by molar-refractivity contribution is 6.18. The van der Waals surface area contributed by atoms with E-state index in [1.54, 1.807) is 5.56 Å². The van der Waals surface area contributed by atoms with Gasteiger partial charge >= 0.3 is 0 Å². The number of nitrogens with zero attached hydrogens (tertiary/aromatic N) is 2. The molecule has 14 rings (SSSR count). The summed E-state index contributed by atoms with van der Waals surface area (Å²) in [6.07, 6.45) is 8.75. The van der Waals surface area contributed by atoms with Crippen LogP contribution in [0.15, 0.2) is 200 Å². The van der Waals surface area contributed by atoms with Crippen molar-refractivity contribution in [1.29, 1.82) is 0 Å². The van der Waals surface area contributed by atoms with Crippen LogP contribution in [-0.4, -0.2) is 4.57 Å². The van der Waals surface area contributed by atoms with E-state index in [1.807, 2.05) is 0 Å². The second-order valence-electron chi connectivity index (χ2n) is 19.7. The van der Waals surface area contributed by atoms with Crippen LogP contribution in [0.4, 0.5) is 17.1 Å². The van der Waals surface area contributed by atoms with Crippen molar-refractivity contribution in [3.63, 3.8) is 0 Å². The van der Waals surface area contributed by atoms with Gasteiger partial charge in [0.05, 0.1) is 11.0 Å². The molecule has 2 unspecified atom stereocenters. The third kappa shape index (κ3) is 5.31. The minimum Gasteiger partial charge on any atom is -0.311 e. The molecule has 0 saturated heterocycles. The highest BCUT2D eigenvalue weighted by atomic mass is 15.1. The Morgan fingerprint density at radius 2 is 1.06 bits per heavy atom. The SMILES string of the molecule is c1cc(-c2ccc(N(c3ccc(-c4ccc5ccccc5c4)cc3)c3ccc(C45C[C@@H]6CC7C[C@@H](C4)[C@@]7(C6)C5)cc3)cc2)cc(-n2c3ccccc3c3ccc4ccccc4c32)c1. The van der Waals surface area contributed by atoms with Crippen LogP contribution in [0.5, 0.6) is 0 Å². The molecule has 4 fully saturated rings. The molecule has 63 heavy (non-hydrogen) atoms. The molecule has 1 spiro atoms. The molecule has 3 bridgehead atoms. The van der Waals surface area contributed by atoms with Gasteiger partial charge in [-0.1, -0.05) is 140 Å². The molecule has 0 radical (unpaired) electrons. The lowest BCUT2D eigenvalue weighted by Crippen LogP contribution is -2.42. The van der Waals surface area contributed by atoms with Crippen molar-refractivity contribution >= 4 is 60.4 Å². The largest absolute Gasteiger partial charge is 0.311 e. The zero-order valence-electron chi connectivity index (χ0n) is 35.4. The van der Waals surface area contributed by atoms with Gasteiger partial charge < -0.3 is 9.47 Å². The molecule has 1 aromatic heterocycles. The van der Waals surface area contributed by atoms with Gasteiger partial charge in [-0.3, -0.25) is 0 Å². The average Bonchev–Trinajstić information content (AvgIpc) is 3.86. The molecular weight excluding hydrogens is 761 g/mol. The lowest BCUT2D eigenvalue weighted by atomic mass is 9.55. The maximum atomic E-state index is 2.50. The van der Waals surface area contributed by atoms with Gasteiger partial charge in [-0.05, 0) is 172 Å². The molecule has 4 aliphatic rings. The quantitative estimate of drug-likeness (QED) is 0.156. The molecule has 4 aliphatic carbocycles. The van der Waals surface area contributed by atoms with Crippen LogP contribution in [0.1, 0.15) is 44.1 Å². The van der Waals surface area contributed by atoms with Crippen molar-refractivity contribution in [2.45, 2.75) is 43.9 Å². The lowest BCUT2D eigenvalue weighted by molar-refractivity contribution is -0.000160. The fourth-order valence-electron chi connectivity index (χ4n) is 13.9. The van der Waals surface area contributed by atoms with Crippen LogP contribution < -0.4 is 4.90 Å². The summed E-state index contributed by atoms with van der Waals surface area (Å²) in [6, 6.07) is 74.9. The summed E-state index contributed by atoms with van der Waals surface area (Å²) >= 11 is 0.